The van der Waals surface area contributed by atoms with Gasteiger partial charge >= 0.3 is 6.18 Å². The summed E-state index contributed by atoms with van der Waals surface area (Å²) in [5.74, 6) is 5.47. The van der Waals surface area contributed by atoms with Crippen LogP contribution in [0.4, 0.5) is 18.9 Å². The van der Waals surface area contributed by atoms with E-state index < -0.39 is 17.8 Å². The maximum Gasteiger partial charge on any atom is 0.416 e. The first kappa shape index (κ1) is 15.3. The van der Waals surface area contributed by atoms with Gasteiger partial charge in [-0.2, -0.15) is 18.3 Å². The van der Waals surface area contributed by atoms with Crippen LogP contribution in [0, 0.1) is 0 Å². The molecular weight excluding hydrogens is 283 g/mol. The summed E-state index contributed by atoms with van der Waals surface area (Å²) < 4.78 is 40.0. The Kier molecular flexibility index (Phi) is 4.19. The molecule has 0 amide bonds. The molecule has 1 unspecified atom stereocenters. The minimum atomic E-state index is -4.42. The monoisotopic (exact) mass is 299 g/mol. The fourth-order valence-corrected chi connectivity index (χ4v) is 2.12. The standard InChI is InChI=1S/C13H16F3N5/c1-21-7-8(6-19-21)4-12(20-18)10-5-9(13(14,15)16)2-3-11(10)17/h2-3,5-7,12,20H,4,17-18H2,1H3. The summed E-state index contributed by atoms with van der Waals surface area (Å²) in [5, 5.41) is 4.01. The number of hydrogen-bond donors (Lipinski definition) is 3. The second-order valence-corrected chi connectivity index (χ2v) is 4.79. The van der Waals surface area contributed by atoms with Crippen LogP contribution in [0.25, 0.3) is 0 Å². The third kappa shape index (κ3) is 3.53. The average Bonchev–Trinajstić information content (AvgIpc) is 2.81. The van der Waals surface area contributed by atoms with Gasteiger partial charge in [0.05, 0.1) is 17.8 Å². The van der Waals surface area contributed by atoms with Crippen LogP contribution in [-0.4, -0.2) is 9.78 Å². The molecule has 0 aliphatic rings. The highest BCUT2D eigenvalue weighted by molar-refractivity contribution is 5.51. The van der Waals surface area contributed by atoms with Crippen molar-refractivity contribution < 1.29 is 13.2 Å². The first-order valence-corrected chi connectivity index (χ1v) is 6.21. The van der Waals surface area contributed by atoms with Gasteiger partial charge in [0.1, 0.15) is 0 Å². The molecule has 2 rings (SSSR count). The number of nitrogens with zero attached hydrogens (tertiary/aromatic N) is 2. The highest BCUT2D eigenvalue weighted by atomic mass is 19.4. The number of aromatic nitrogens is 2. The number of nitrogens with one attached hydrogen (secondary N) is 1. The quantitative estimate of drug-likeness (QED) is 0.456. The summed E-state index contributed by atoms with van der Waals surface area (Å²) >= 11 is 0. The Morgan fingerprint density at radius 3 is 2.62 bits per heavy atom. The van der Waals surface area contributed by atoms with E-state index in [9.17, 15) is 13.2 Å². The molecule has 0 spiro atoms. The van der Waals surface area contributed by atoms with Crippen molar-refractivity contribution in [2.75, 3.05) is 5.73 Å². The molecule has 1 aromatic carbocycles. The number of anilines is 1. The van der Waals surface area contributed by atoms with E-state index in [1.165, 1.54) is 6.07 Å². The predicted octanol–water partition coefficient (Wildman–Crippen LogP) is 1.77. The van der Waals surface area contributed by atoms with Gasteiger partial charge in [0.2, 0.25) is 0 Å². The molecule has 1 heterocycles. The lowest BCUT2D eigenvalue weighted by molar-refractivity contribution is -0.137. The van der Waals surface area contributed by atoms with Crippen LogP contribution in [0.1, 0.15) is 22.7 Å². The third-order valence-electron chi connectivity index (χ3n) is 3.19. The number of rotatable bonds is 4. The summed E-state index contributed by atoms with van der Waals surface area (Å²) in [7, 11) is 1.76. The number of aryl methyl sites for hydroxylation is 1. The molecule has 5 nitrogen and oxygen atoms in total. The molecule has 5 N–H and O–H groups in total. The molecule has 1 aromatic heterocycles. The molecular formula is C13H16F3N5. The van der Waals surface area contributed by atoms with Gasteiger partial charge in [0.15, 0.2) is 0 Å². The van der Waals surface area contributed by atoms with Gasteiger partial charge in [-0.25, -0.2) is 0 Å². The van der Waals surface area contributed by atoms with E-state index in [0.717, 1.165) is 17.7 Å². The van der Waals surface area contributed by atoms with Gasteiger partial charge in [-0.15, -0.1) is 0 Å². The molecule has 2 aromatic rings. The molecule has 8 heteroatoms. The molecule has 0 bridgehead atoms. The Labute approximate surface area is 119 Å². The van der Waals surface area contributed by atoms with Gasteiger partial charge in [0.25, 0.3) is 0 Å². The van der Waals surface area contributed by atoms with Crippen LogP contribution in [0.15, 0.2) is 30.6 Å². The molecule has 0 saturated carbocycles. The highest BCUT2D eigenvalue weighted by Gasteiger charge is 2.31. The summed E-state index contributed by atoms with van der Waals surface area (Å²) in [6.07, 6.45) is -0.631. The minimum absolute atomic E-state index is 0.259. The molecule has 0 aliphatic heterocycles. The normalized spacial score (nSPS) is 13.4. The Hall–Kier alpha value is -2.06. The Morgan fingerprint density at radius 2 is 2.10 bits per heavy atom. The van der Waals surface area contributed by atoms with Gasteiger partial charge in [-0.3, -0.25) is 16.0 Å². The van der Waals surface area contributed by atoms with Crippen molar-refractivity contribution >= 4 is 5.69 Å². The molecule has 114 valence electrons. The van der Waals surface area contributed by atoms with E-state index in [0.29, 0.717) is 12.0 Å². The van der Waals surface area contributed by atoms with Crippen LogP contribution < -0.4 is 17.0 Å². The van der Waals surface area contributed by atoms with Crippen LogP contribution in [0.5, 0.6) is 0 Å². The van der Waals surface area contributed by atoms with Crippen LogP contribution in [0.2, 0.25) is 0 Å². The van der Waals surface area contributed by atoms with E-state index in [2.05, 4.69) is 10.5 Å². The number of alkyl halides is 3. The van der Waals surface area contributed by atoms with E-state index in [-0.39, 0.29) is 5.69 Å². The fourth-order valence-electron chi connectivity index (χ4n) is 2.12. The number of hydrazine groups is 1. The minimum Gasteiger partial charge on any atom is -0.398 e. The smallest absolute Gasteiger partial charge is 0.398 e. The van der Waals surface area contributed by atoms with Crippen molar-refractivity contribution in [2.45, 2.75) is 18.6 Å². The maximum atomic E-state index is 12.8. The largest absolute Gasteiger partial charge is 0.416 e. The van der Waals surface area contributed by atoms with Crippen molar-refractivity contribution in [3.63, 3.8) is 0 Å². The van der Waals surface area contributed by atoms with E-state index in [4.69, 9.17) is 11.6 Å². The lowest BCUT2D eigenvalue weighted by Gasteiger charge is -2.19. The van der Waals surface area contributed by atoms with Gasteiger partial charge in [0, 0.05) is 18.9 Å². The highest BCUT2D eigenvalue weighted by Crippen LogP contribution is 2.33. The number of benzene rings is 1. The molecule has 0 radical (unpaired) electrons. The summed E-state index contributed by atoms with van der Waals surface area (Å²) in [4.78, 5) is 0. The first-order valence-electron chi connectivity index (χ1n) is 6.21. The number of nitrogen functional groups attached to an aromatic ring is 1. The second kappa shape index (κ2) is 5.74. The number of hydrogen-bond acceptors (Lipinski definition) is 4. The maximum absolute atomic E-state index is 12.8. The lowest BCUT2D eigenvalue weighted by Crippen LogP contribution is -2.30. The molecule has 0 fully saturated rings. The summed E-state index contributed by atoms with van der Waals surface area (Å²) in [5.41, 5.74) is 8.96. The van der Waals surface area contributed by atoms with Crippen molar-refractivity contribution in [3.05, 3.63) is 47.3 Å². The molecule has 21 heavy (non-hydrogen) atoms. The van der Waals surface area contributed by atoms with Crippen LogP contribution in [0.3, 0.4) is 0 Å². The zero-order valence-electron chi connectivity index (χ0n) is 11.4. The summed E-state index contributed by atoms with van der Waals surface area (Å²) in [6, 6.07) is 2.69. The summed E-state index contributed by atoms with van der Waals surface area (Å²) in [6.45, 7) is 0. The van der Waals surface area contributed by atoms with Gasteiger partial charge in [-0.05, 0) is 35.7 Å². The topological polar surface area (TPSA) is 81.9 Å². The predicted molar refractivity (Wildman–Crippen MR) is 72.8 cm³/mol. The van der Waals surface area contributed by atoms with Crippen molar-refractivity contribution in [2.24, 2.45) is 12.9 Å². The van der Waals surface area contributed by atoms with E-state index >= 15 is 0 Å². The first-order chi connectivity index (χ1) is 9.81. The zero-order valence-corrected chi connectivity index (χ0v) is 11.4. The number of halogens is 3. The average molecular weight is 299 g/mol. The van der Waals surface area contributed by atoms with Crippen LogP contribution >= 0.6 is 0 Å². The second-order valence-electron chi connectivity index (χ2n) is 4.79. The van der Waals surface area contributed by atoms with Crippen molar-refractivity contribution in [1.29, 1.82) is 0 Å². The van der Waals surface area contributed by atoms with Crippen LogP contribution in [-0.2, 0) is 19.6 Å². The SMILES string of the molecule is Cn1cc(CC(NN)c2cc(C(F)(F)F)ccc2N)cn1. The lowest BCUT2D eigenvalue weighted by atomic mass is 9.97. The van der Waals surface area contributed by atoms with Crippen molar-refractivity contribution in [3.8, 4) is 0 Å². The Bertz CT molecular complexity index is 621. The molecule has 1 atom stereocenters. The van der Waals surface area contributed by atoms with Gasteiger partial charge in [-0.1, -0.05) is 0 Å². The number of nitrogens with two attached hydrogens (primary N) is 2. The Morgan fingerprint density at radius 1 is 1.38 bits per heavy atom. The Balaban J connectivity index is 2.33. The van der Waals surface area contributed by atoms with Crippen molar-refractivity contribution in [1.82, 2.24) is 15.2 Å². The zero-order chi connectivity index (χ0) is 15.6. The molecule has 0 aliphatic carbocycles. The third-order valence-corrected chi connectivity index (χ3v) is 3.19. The van der Waals surface area contributed by atoms with E-state index in [1.54, 1.807) is 24.1 Å². The fraction of sp³-hybridized carbons (Fsp3) is 0.308. The van der Waals surface area contributed by atoms with E-state index in [1.807, 2.05) is 0 Å². The molecule has 0 saturated heterocycles. The van der Waals surface area contributed by atoms with Gasteiger partial charge < -0.3 is 5.73 Å².